The predicted molar refractivity (Wildman–Crippen MR) is 221 cm³/mol. The van der Waals surface area contributed by atoms with E-state index in [0.29, 0.717) is 11.1 Å². The highest BCUT2D eigenvalue weighted by molar-refractivity contribution is 8.12. The van der Waals surface area contributed by atoms with Gasteiger partial charge in [-0.3, -0.25) is 13.7 Å². The Balaban J connectivity index is 1.23. The first-order chi connectivity index (χ1) is 26.1. The highest BCUT2D eigenvalue weighted by Crippen LogP contribution is 2.42. The molecule has 1 aliphatic heterocycles. The summed E-state index contributed by atoms with van der Waals surface area (Å²) in [7, 11) is -13.0. The van der Waals surface area contributed by atoms with Crippen molar-refractivity contribution >= 4 is 70.0 Å². The van der Waals surface area contributed by atoms with Gasteiger partial charge in [-0.2, -0.15) is 25.3 Å². The number of rotatable bonds is 11. The second kappa shape index (κ2) is 16.8. The Labute approximate surface area is 328 Å². The van der Waals surface area contributed by atoms with Crippen molar-refractivity contribution in [2.45, 2.75) is 14.7 Å². The van der Waals surface area contributed by atoms with Crippen molar-refractivity contribution in [1.29, 1.82) is 0 Å². The summed E-state index contributed by atoms with van der Waals surface area (Å²) in [5.41, 5.74) is 4.85. The molecular weight excluding hydrogens is 797 g/mol. The molecule has 0 saturated carbocycles. The summed E-state index contributed by atoms with van der Waals surface area (Å²) < 4.78 is 97.6. The Morgan fingerprint density at radius 2 is 1.00 bits per heavy atom. The Hall–Kier alpha value is -5.03. The summed E-state index contributed by atoms with van der Waals surface area (Å²) >= 11 is 3.03. The van der Waals surface area contributed by atoms with E-state index in [9.17, 15) is 38.9 Å². The molecule has 14 heteroatoms. The smallest absolute Gasteiger partial charge is 0.282 e. The second-order valence-electron chi connectivity index (χ2n) is 11.9. The lowest BCUT2D eigenvalue weighted by Crippen LogP contribution is -1.99. The fourth-order valence-corrected chi connectivity index (χ4v) is 8.84. The van der Waals surface area contributed by atoms with Gasteiger partial charge in [0, 0.05) is 33.6 Å². The van der Waals surface area contributed by atoms with Gasteiger partial charge in [0.15, 0.2) is 0 Å². The first kappa shape index (κ1) is 39.7. The van der Waals surface area contributed by atoms with Crippen LogP contribution in [0, 0.1) is 0 Å². The molecule has 0 atom stereocenters. The highest BCUT2D eigenvalue weighted by atomic mass is 32.2. The van der Waals surface area contributed by atoms with Crippen LogP contribution in [0.1, 0.15) is 16.0 Å². The number of hydrogen-bond donors (Lipinski definition) is 3. The van der Waals surface area contributed by atoms with Gasteiger partial charge in [0.1, 0.15) is 0 Å². The third kappa shape index (κ3) is 10.6. The molecular formula is C41H31O9S5+. The van der Waals surface area contributed by atoms with Crippen molar-refractivity contribution in [2.24, 2.45) is 0 Å². The molecule has 2 heterocycles. The van der Waals surface area contributed by atoms with Crippen molar-refractivity contribution in [2.75, 3.05) is 0 Å². The van der Waals surface area contributed by atoms with Gasteiger partial charge in [-0.25, -0.2) is 0 Å². The van der Waals surface area contributed by atoms with Gasteiger partial charge in [-0.1, -0.05) is 96.7 Å². The summed E-state index contributed by atoms with van der Waals surface area (Å²) in [6.45, 7) is 0. The van der Waals surface area contributed by atoms with Gasteiger partial charge in [0.2, 0.25) is 21.1 Å². The van der Waals surface area contributed by atoms with Crippen molar-refractivity contribution < 1.29 is 38.9 Å². The van der Waals surface area contributed by atoms with E-state index in [2.05, 4.69) is 0 Å². The summed E-state index contributed by atoms with van der Waals surface area (Å²) in [4.78, 5) is 2.95. The number of thioether (sulfide) groups is 1. The average molecular weight is 828 g/mol. The number of allylic oxidation sites excluding steroid dienone is 9. The lowest BCUT2D eigenvalue weighted by molar-refractivity contribution is 0.481. The maximum absolute atomic E-state index is 11.6. The Kier molecular flexibility index (Phi) is 12.1. The van der Waals surface area contributed by atoms with E-state index in [0.717, 1.165) is 41.8 Å². The zero-order chi connectivity index (χ0) is 39.2. The molecule has 55 heavy (non-hydrogen) atoms. The SMILES string of the molecule is O=S(=O)(O)c1ccc(C2=C\C(=C/C=C/C=C/C=C/c3cc(-c4ccc(S(=O)(=O)O)cc4)cc(-c4ccccc4)[s+]3)SC(c3ccc(S(=O)(=O)O)cc3)=C2)cc1. The summed E-state index contributed by atoms with van der Waals surface area (Å²) in [6, 6.07) is 31.6. The molecule has 0 amide bonds. The van der Waals surface area contributed by atoms with Crippen molar-refractivity contribution in [3.63, 3.8) is 0 Å². The molecule has 4 aromatic carbocycles. The van der Waals surface area contributed by atoms with Crippen LogP contribution in [0.5, 0.6) is 0 Å². The molecule has 5 aromatic rings. The Morgan fingerprint density at radius 3 is 1.56 bits per heavy atom. The normalized spacial score (nSPS) is 14.9. The molecule has 278 valence electrons. The van der Waals surface area contributed by atoms with Gasteiger partial charge >= 0.3 is 0 Å². The van der Waals surface area contributed by atoms with Crippen molar-refractivity contribution in [1.82, 2.24) is 0 Å². The number of benzene rings is 4. The molecule has 0 fully saturated rings. The zero-order valence-electron chi connectivity index (χ0n) is 28.5. The van der Waals surface area contributed by atoms with Gasteiger partial charge in [-0.15, -0.1) is 0 Å². The van der Waals surface area contributed by atoms with Gasteiger partial charge in [0.05, 0.1) is 14.7 Å². The Bertz CT molecular complexity index is 2750. The van der Waals surface area contributed by atoms with Crippen LogP contribution in [-0.2, 0) is 30.4 Å². The molecule has 0 spiro atoms. The average Bonchev–Trinajstić information content (AvgIpc) is 3.17. The van der Waals surface area contributed by atoms with Crippen LogP contribution in [0.2, 0.25) is 0 Å². The molecule has 0 saturated heterocycles. The fourth-order valence-electron chi connectivity index (χ4n) is 5.35. The van der Waals surface area contributed by atoms with Crippen molar-refractivity contribution in [3.05, 3.63) is 185 Å². The summed E-state index contributed by atoms with van der Waals surface area (Å²) in [6.07, 6.45) is 17.0. The van der Waals surface area contributed by atoms with Crippen LogP contribution < -0.4 is 0 Å². The molecule has 0 unspecified atom stereocenters. The molecule has 0 bridgehead atoms. The third-order valence-corrected chi connectivity index (χ3v) is 12.8. The van der Waals surface area contributed by atoms with Crippen LogP contribution in [0.25, 0.3) is 38.1 Å². The lowest BCUT2D eigenvalue weighted by Gasteiger charge is -2.17. The van der Waals surface area contributed by atoms with E-state index in [-0.39, 0.29) is 14.7 Å². The minimum Gasteiger partial charge on any atom is -0.282 e. The Morgan fingerprint density at radius 1 is 0.491 bits per heavy atom. The van der Waals surface area contributed by atoms with Crippen molar-refractivity contribution in [3.8, 4) is 21.6 Å². The third-order valence-electron chi connectivity index (χ3n) is 8.06. The predicted octanol–water partition coefficient (Wildman–Crippen LogP) is 9.98. The van der Waals surface area contributed by atoms with Gasteiger partial charge < -0.3 is 0 Å². The van der Waals surface area contributed by atoms with Crippen LogP contribution in [-0.4, -0.2) is 38.9 Å². The first-order valence-corrected chi connectivity index (χ1v) is 22.2. The van der Waals surface area contributed by atoms with E-state index in [1.807, 2.05) is 97.1 Å². The van der Waals surface area contributed by atoms with E-state index >= 15 is 0 Å². The first-order valence-electron chi connectivity index (χ1n) is 16.2. The second-order valence-corrected chi connectivity index (χ2v) is 18.4. The molecule has 1 aliphatic rings. The van der Waals surface area contributed by atoms with Gasteiger partial charge in [0.25, 0.3) is 30.4 Å². The number of hydrogen-bond acceptors (Lipinski definition) is 7. The van der Waals surface area contributed by atoms with E-state index < -0.39 is 30.4 Å². The zero-order valence-corrected chi connectivity index (χ0v) is 32.6. The lowest BCUT2D eigenvalue weighted by atomic mass is 10.0. The molecule has 0 radical (unpaired) electrons. The minimum atomic E-state index is -4.36. The van der Waals surface area contributed by atoms with Gasteiger partial charge in [-0.05, 0) is 94.6 Å². The van der Waals surface area contributed by atoms with E-state index in [1.165, 1.54) is 48.2 Å². The monoisotopic (exact) mass is 827 g/mol. The van der Waals surface area contributed by atoms with Crippen LogP contribution in [0.4, 0.5) is 0 Å². The maximum Gasteiger partial charge on any atom is 0.294 e. The summed E-state index contributed by atoms with van der Waals surface area (Å²) in [5.74, 6) is 0. The van der Waals surface area contributed by atoms with E-state index in [1.54, 1.807) is 47.7 Å². The topological polar surface area (TPSA) is 163 Å². The molecule has 1 aromatic heterocycles. The van der Waals surface area contributed by atoms with Crippen LogP contribution in [0.3, 0.4) is 0 Å². The quantitative estimate of drug-likeness (QED) is 0.0664. The largest absolute Gasteiger partial charge is 0.294 e. The fraction of sp³-hybridized carbons (Fsp3) is 0. The molecule has 9 nitrogen and oxygen atoms in total. The molecule has 0 aliphatic carbocycles. The molecule has 3 N–H and O–H groups in total. The molecule has 6 rings (SSSR count). The van der Waals surface area contributed by atoms with Crippen LogP contribution >= 0.6 is 23.1 Å². The van der Waals surface area contributed by atoms with E-state index in [4.69, 9.17) is 0 Å². The summed E-state index contributed by atoms with van der Waals surface area (Å²) in [5, 5.41) is 0. The minimum absolute atomic E-state index is 0.177. The standard InChI is InChI=1S/C41H30O9S5/c42-53(43,44)37-19-13-29(14-20-37)33-25-35(51-40(27-33)31-9-5-4-6-10-31)11-7-2-1-3-8-12-36-26-34(30-15-21-38(22-16-30)54(45,46)47)28-41(52-36)32-17-23-39(24-18-32)55(48,49)50/h1-28H,(H2-,42,43,44,45,46,47,48,49,50)/p+1. The van der Waals surface area contributed by atoms with Crippen LogP contribution in [0.15, 0.2) is 183 Å². The highest BCUT2D eigenvalue weighted by Gasteiger charge is 2.18. The maximum atomic E-state index is 11.6.